The van der Waals surface area contributed by atoms with E-state index < -0.39 is 5.60 Å². The maximum atomic E-state index is 10.1. The summed E-state index contributed by atoms with van der Waals surface area (Å²) in [6.07, 6.45) is 6.96. The van der Waals surface area contributed by atoms with Gasteiger partial charge in [-0.25, -0.2) is 4.98 Å². The molecule has 1 aliphatic heterocycles. The number of rotatable bonds is 4. The van der Waals surface area contributed by atoms with E-state index in [2.05, 4.69) is 55.7 Å². The Morgan fingerprint density at radius 2 is 1.74 bits per heavy atom. The topological polar surface area (TPSA) is 91.2 Å². The van der Waals surface area contributed by atoms with Gasteiger partial charge in [0.1, 0.15) is 11.4 Å². The average molecular weight is 420 g/mol. The molecule has 1 fully saturated rings. The van der Waals surface area contributed by atoms with Crippen LogP contribution in [0.4, 0.5) is 11.6 Å². The zero-order valence-corrected chi connectivity index (χ0v) is 18.7. The predicted molar refractivity (Wildman–Crippen MR) is 121 cm³/mol. The van der Waals surface area contributed by atoms with Crippen LogP contribution in [0.3, 0.4) is 0 Å². The first-order valence-corrected chi connectivity index (χ1v) is 10.6. The summed E-state index contributed by atoms with van der Waals surface area (Å²) in [6, 6.07) is 4.15. The van der Waals surface area contributed by atoms with Crippen LogP contribution in [-0.2, 0) is 5.60 Å². The fraction of sp³-hybridized carbons (Fsp3) is 0.435. The van der Waals surface area contributed by atoms with Crippen molar-refractivity contribution >= 4 is 11.6 Å². The zero-order valence-electron chi connectivity index (χ0n) is 18.7. The Morgan fingerprint density at radius 1 is 1.00 bits per heavy atom. The lowest BCUT2D eigenvalue weighted by molar-refractivity contribution is 0.0734. The molecule has 3 aromatic rings. The van der Waals surface area contributed by atoms with Crippen molar-refractivity contribution in [1.29, 1.82) is 0 Å². The first-order valence-electron chi connectivity index (χ1n) is 10.6. The van der Waals surface area contributed by atoms with Gasteiger partial charge in [0.05, 0.1) is 23.8 Å². The van der Waals surface area contributed by atoms with E-state index in [4.69, 9.17) is 0 Å². The number of piperazine rings is 1. The highest BCUT2D eigenvalue weighted by Crippen LogP contribution is 2.29. The van der Waals surface area contributed by atoms with E-state index in [1.165, 1.54) is 0 Å². The van der Waals surface area contributed by atoms with E-state index in [0.29, 0.717) is 5.69 Å². The van der Waals surface area contributed by atoms with E-state index in [9.17, 15) is 5.11 Å². The van der Waals surface area contributed by atoms with Gasteiger partial charge >= 0.3 is 0 Å². The van der Waals surface area contributed by atoms with Crippen LogP contribution < -0.4 is 9.80 Å². The Labute approximate surface area is 183 Å². The second-order valence-corrected chi connectivity index (χ2v) is 8.67. The lowest BCUT2D eigenvalue weighted by Crippen LogP contribution is -2.53. The van der Waals surface area contributed by atoms with Crippen LogP contribution in [0.2, 0.25) is 0 Å². The Balaban J connectivity index is 1.52. The molecule has 0 radical (unpaired) electrons. The molecule has 8 nitrogen and oxygen atoms in total. The number of pyridine rings is 1. The highest BCUT2D eigenvalue weighted by Gasteiger charge is 2.28. The Kier molecular flexibility index (Phi) is 5.58. The van der Waals surface area contributed by atoms with Gasteiger partial charge in [0.15, 0.2) is 5.82 Å². The summed E-state index contributed by atoms with van der Waals surface area (Å²) in [7, 11) is 0. The second-order valence-electron chi connectivity index (χ2n) is 8.67. The number of hydrogen-bond donors (Lipinski definition) is 1. The number of nitrogens with zero attached hydrogens (tertiary/aromatic N) is 7. The maximum absolute atomic E-state index is 10.1. The summed E-state index contributed by atoms with van der Waals surface area (Å²) < 4.78 is 0. The van der Waals surface area contributed by atoms with Gasteiger partial charge < -0.3 is 14.9 Å². The molecule has 0 aromatic carbocycles. The Hall–Kier alpha value is -3.13. The molecule has 0 aliphatic carbocycles. The van der Waals surface area contributed by atoms with E-state index in [1.807, 2.05) is 12.1 Å². The average Bonchev–Trinajstić information content (AvgIpc) is 2.76. The lowest BCUT2D eigenvalue weighted by atomic mass is 10.0. The van der Waals surface area contributed by atoms with Crippen molar-refractivity contribution in [2.75, 3.05) is 29.4 Å². The number of aliphatic hydroxyl groups is 1. The minimum atomic E-state index is -0.994. The molecule has 1 N–H and O–H groups in total. The quantitative estimate of drug-likeness (QED) is 0.690. The van der Waals surface area contributed by atoms with Gasteiger partial charge in [-0.15, -0.1) is 10.2 Å². The molecule has 1 atom stereocenters. The highest BCUT2D eigenvalue weighted by molar-refractivity contribution is 5.66. The second kappa shape index (κ2) is 8.19. The van der Waals surface area contributed by atoms with Crippen LogP contribution in [0.1, 0.15) is 37.6 Å². The summed E-state index contributed by atoms with van der Waals surface area (Å²) in [5, 5.41) is 19.2. The molecule has 0 saturated carbocycles. The SMILES string of the molecule is Cc1c(-c2ccncc2)nnc(N2CCN(c3cnc(C(C)(C)O)cn3)[C@H](C)C2)c1C. The summed E-state index contributed by atoms with van der Waals surface area (Å²) in [5.74, 6) is 1.76. The molecule has 1 saturated heterocycles. The van der Waals surface area contributed by atoms with Crippen LogP contribution in [0.5, 0.6) is 0 Å². The fourth-order valence-electron chi connectivity index (χ4n) is 3.95. The molecule has 162 valence electrons. The molecule has 0 spiro atoms. The van der Waals surface area contributed by atoms with Gasteiger partial charge in [-0.1, -0.05) is 0 Å². The standard InChI is InChI=1S/C23H29N7O/c1-15-14-29(10-11-30(15)20-13-25-19(12-26-20)23(4,5)31)22-17(3)16(2)21(27-28-22)18-6-8-24-9-7-18/h6-9,12-13,15,31H,10-11,14H2,1-5H3/t15-/m1/s1. The first-order chi connectivity index (χ1) is 14.8. The van der Waals surface area contributed by atoms with Crippen molar-refractivity contribution < 1.29 is 5.11 Å². The molecule has 0 unspecified atom stereocenters. The largest absolute Gasteiger partial charge is 0.384 e. The van der Waals surface area contributed by atoms with Gasteiger partial charge in [-0.05, 0) is 57.9 Å². The summed E-state index contributed by atoms with van der Waals surface area (Å²) in [6.45, 7) is 12.3. The van der Waals surface area contributed by atoms with Crippen LogP contribution in [0.25, 0.3) is 11.3 Å². The number of anilines is 2. The third-order valence-electron chi connectivity index (χ3n) is 5.94. The molecule has 3 aromatic heterocycles. The van der Waals surface area contributed by atoms with Crippen molar-refractivity contribution in [2.45, 2.75) is 46.3 Å². The highest BCUT2D eigenvalue weighted by atomic mass is 16.3. The molecule has 4 rings (SSSR count). The zero-order chi connectivity index (χ0) is 22.2. The molecule has 0 amide bonds. The third kappa shape index (κ3) is 4.20. The van der Waals surface area contributed by atoms with Gasteiger partial charge in [0.25, 0.3) is 0 Å². The molecular formula is C23H29N7O. The van der Waals surface area contributed by atoms with Gasteiger partial charge in [0, 0.05) is 43.6 Å². The minimum Gasteiger partial charge on any atom is -0.384 e. The number of aromatic nitrogens is 5. The van der Waals surface area contributed by atoms with E-state index in [1.54, 1.807) is 38.6 Å². The third-order valence-corrected chi connectivity index (χ3v) is 5.94. The normalized spacial score (nSPS) is 17.2. The monoisotopic (exact) mass is 419 g/mol. The van der Waals surface area contributed by atoms with Gasteiger partial charge in [0.2, 0.25) is 0 Å². The minimum absolute atomic E-state index is 0.234. The van der Waals surface area contributed by atoms with E-state index in [-0.39, 0.29) is 6.04 Å². The van der Waals surface area contributed by atoms with Gasteiger partial charge in [-0.2, -0.15) is 0 Å². The van der Waals surface area contributed by atoms with Crippen LogP contribution in [0.15, 0.2) is 36.9 Å². The summed E-state index contributed by atoms with van der Waals surface area (Å²) in [5.41, 5.74) is 3.79. The molecule has 8 heteroatoms. The van der Waals surface area contributed by atoms with Crippen molar-refractivity contribution in [3.63, 3.8) is 0 Å². The Morgan fingerprint density at radius 3 is 2.35 bits per heavy atom. The van der Waals surface area contributed by atoms with Crippen LogP contribution >= 0.6 is 0 Å². The molecular weight excluding hydrogens is 390 g/mol. The van der Waals surface area contributed by atoms with Crippen molar-refractivity contribution in [3.05, 3.63) is 53.7 Å². The first kappa shape index (κ1) is 21.1. The van der Waals surface area contributed by atoms with Crippen molar-refractivity contribution in [1.82, 2.24) is 25.1 Å². The van der Waals surface area contributed by atoms with Crippen LogP contribution in [-0.4, -0.2) is 55.9 Å². The van der Waals surface area contributed by atoms with E-state index in [0.717, 1.165) is 53.7 Å². The van der Waals surface area contributed by atoms with Crippen molar-refractivity contribution in [2.24, 2.45) is 0 Å². The Bertz CT molecular complexity index is 1050. The maximum Gasteiger partial charge on any atom is 0.154 e. The smallest absolute Gasteiger partial charge is 0.154 e. The number of hydrogen-bond acceptors (Lipinski definition) is 8. The lowest BCUT2D eigenvalue weighted by Gasteiger charge is -2.41. The summed E-state index contributed by atoms with van der Waals surface area (Å²) in [4.78, 5) is 17.6. The van der Waals surface area contributed by atoms with Crippen molar-refractivity contribution in [3.8, 4) is 11.3 Å². The molecule has 0 bridgehead atoms. The molecule has 1 aliphatic rings. The molecule has 31 heavy (non-hydrogen) atoms. The van der Waals surface area contributed by atoms with E-state index >= 15 is 0 Å². The van der Waals surface area contributed by atoms with Gasteiger partial charge in [-0.3, -0.25) is 9.97 Å². The summed E-state index contributed by atoms with van der Waals surface area (Å²) >= 11 is 0. The van der Waals surface area contributed by atoms with Crippen LogP contribution in [0, 0.1) is 13.8 Å². The fourth-order valence-corrected chi connectivity index (χ4v) is 3.95. The molecule has 4 heterocycles. The predicted octanol–water partition coefficient (Wildman–Crippen LogP) is 2.89.